The van der Waals surface area contributed by atoms with Crippen LogP contribution in [0.5, 0.6) is 5.88 Å². The third-order valence-corrected chi connectivity index (χ3v) is 3.51. The highest BCUT2D eigenvalue weighted by molar-refractivity contribution is 5.40. The molecule has 2 aromatic heterocycles. The van der Waals surface area contributed by atoms with Crippen molar-refractivity contribution in [2.24, 2.45) is 5.92 Å². The fraction of sp³-hybridized carbons (Fsp3) is 0.538. The summed E-state index contributed by atoms with van der Waals surface area (Å²) >= 11 is 0. The van der Waals surface area contributed by atoms with Gasteiger partial charge in [0.1, 0.15) is 0 Å². The zero-order chi connectivity index (χ0) is 12.4. The Morgan fingerprint density at radius 3 is 3.00 bits per heavy atom. The van der Waals surface area contributed by atoms with Crippen LogP contribution in [-0.4, -0.2) is 34.8 Å². The van der Waals surface area contributed by atoms with Crippen LogP contribution in [-0.2, 0) is 6.42 Å². The van der Waals surface area contributed by atoms with Crippen molar-refractivity contribution < 1.29 is 4.74 Å². The Morgan fingerprint density at radius 1 is 1.39 bits per heavy atom. The number of methoxy groups -OCH3 is 1. The summed E-state index contributed by atoms with van der Waals surface area (Å²) in [5.74, 6) is 2.36. The van der Waals surface area contributed by atoms with Crippen LogP contribution in [0.25, 0.3) is 5.65 Å². The molecule has 0 atom stereocenters. The third-order valence-electron chi connectivity index (χ3n) is 3.51. The number of hydrogen-bond donors (Lipinski definition) is 1. The molecule has 3 heterocycles. The van der Waals surface area contributed by atoms with Crippen molar-refractivity contribution in [2.45, 2.75) is 19.3 Å². The molecule has 0 spiro atoms. The van der Waals surface area contributed by atoms with E-state index in [1.165, 1.54) is 12.8 Å². The normalized spacial score (nSPS) is 17.2. The molecular weight excluding hydrogens is 228 g/mol. The van der Waals surface area contributed by atoms with E-state index >= 15 is 0 Å². The first kappa shape index (κ1) is 11.5. The second-order valence-corrected chi connectivity index (χ2v) is 4.76. The highest BCUT2D eigenvalue weighted by atomic mass is 16.5. The lowest BCUT2D eigenvalue weighted by Crippen LogP contribution is -2.28. The summed E-state index contributed by atoms with van der Waals surface area (Å²) in [5, 5.41) is 7.92. The largest absolute Gasteiger partial charge is 0.481 e. The third kappa shape index (κ3) is 2.18. The molecule has 1 fully saturated rings. The minimum atomic E-state index is 0.703. The Labute approximate surface area is 106 Å². The summed E-state index contributed by atoms with van der Waals surface area (Å²) in [6, 6.07) is 5.80. The van der Waals surface area contributed by atoms with E-state index in [9.17, 15) is 0 Å². The molecular formula is C13H18N4O. The van der Waals surface area contributed by atoms with Crippen molar-refractivity contribution in [2.75, 3.05) is 20.2 Å². The molecule has 0 unspecified atom stereocenters. The van der Waals surface area contributed by atoms with E-state index in [0.29, 0.717) is 5.92 Å². The molecule has 3 rings (SSSR count). The SMILES string of the molecule is COc1cccc2nc(CC3CCNCC3)nn12. The Hall–Kier alpha value is -1.62. The zero-order valence-electron chi connectivity index (χ0n) is 10.6. The van der Waals surface area contributed by atoms with Gasteiger partial charge in [0.25, 0.3) is 0 Å². The predicted octanol–water partition coefficient (Wildman–Crippen LogP) is 1.28. The van der Waals surface area contributed by atoms with Gasteiger partial charge >= 0.3 is 0 Å². The monoisotopic (exact) mass is 246 g/mol. The van der Waals surface area contributed by atoms with Crippen LogP contribution in [0.4, 0.5) is 0 Å². The highest BCUT2D eigenvalue weighted by Crippen LogP contribution is 2.18. The average molecular weight is 246 g/mol. The summed E-state index contributed by atoms with van der Waals surface area (Å²) in [7, 11) is 1.66. The average Bonchev–Trinajstić information content (AvgIpc) is 2.82. The van der Waals surface area contributed by atoms with Gasteiger partial charge in [0.2, 0.25) is 5.88 Å². The van der Waals surface area contributed by atoms with Crippen LogP contribution in [0.2, 0.25) is 0 Å². The van der Waals surface area contributed by atoms with Gasteiger partial charge in [0, 0.05) is 12.5 Å². The van der Waals surface area contributed by atoms with Crippen LogP contribution in [0.3, 0.4) is 0 Å². The maximum atomic E-state index is 5.28. The van der Waals surface area contributed by atoms with Gasteiger partial charge in [-0.3, -0.25) is 0 Å². The van der Waals surface area contributed by atoms with Gasteiger partial charge < -0.3 is 10.1 Å². The van der Waals surface area contributed by atoms with Gasteiger partial charge in [0.15, 0.2) is 11.5 Å². The van der Waals surface area contributed by atoms with Gasteiger partial charge in [0.05, 0.1) is 7.11 Å². The number of fused-ring (bicyclic) bond motifs is 1. The van der Waals surface area contributed by atoms with Gasteiger partial charge in [-0.25, -0.2) is 4.98 Å². The number of nitrogens with one attached hydrogen (secondary N) is 1. The maximum Gasteiger partial charge on any atom is 0.216 e. The molecule has 0 amide bonds. The Bertz CT molecular complexity index is 531. The van der Waals surface area contributed by atoms with Crippen LogP contribution in [0.15, 0.2) is 18.2 Å². The van der Waals surface area contributed by atoms with E-state index in [4.69, 9.17) is 4.74 Å². The van der Waals surface area contributed by atoms with Crippen LogP contribution < -0.4 is 10.1 Å². The molecule has 1 aliphatic heterocycles. The predicted molar refractivity (Wildman–Crippen MR) is 68.8 cm³/mol. The van der Waals surface area contributed by atoms with Crippen molar-refractivity contribution in [1.82, 2.24) is 19.9 Å². The Kier molecular flexibility index (Phi) is 3.15. The number of aromatic nitrogens is 3. The molecule has 0 aromatic carbocycles. The van der Waals surface area contributed by atoms with E-state index in [2.05, 4.69) is 15.4 Å². The first-order chi connectivity index (χ1) is 8.86. The lowest BCUT2D eigenvalue weighted by molar-refractivity contribution is 0.365. The molecule has 18 heavy (non-hydrogen) atoms. The highest BCUT2D eigenvalue weighted by Gasteiger charge is 2.16. The second kappa shape index (κ2) is 4.94. The topological polar surface area (TPSA) is 51.5 Å². The van der Waals surface area contributed by atoms with E-state index in [1.807, 2.05) is 18.2 Å². The smallest absolute Gasteiger partial charge is 0.216 e. The lowest BCUT2D eigenvalue weighted by Gasteiger charge is -2.20. The summed E-state index contributed by atoms with van der Waals surface area (Å²) in [4.78, 5) is 4.57. The van der Waals surface area contributed by atoms with Crippen LogP contribution in [0.1, 0.15) is 18.7 Å². The molecule has 2 aromatic rings. The van der Waals surface area contributed by atoms with E-state index < -0.39 is 0 Å². The van der Waals surface area contributed by atoms with Crippen molar-refractivity contribution >= 4 is 5.65 Å². The molecule has 0 saturated carbocycles. The summed E-state index contributed by atoms with van der Waals surface area (Å²) in [6.45, 7) is 2.22. The van der Waals surface area contributed by atoms with Gasteiger partial charge in [-0.1, -0.05) is 6.07 Å². The van der Waals surface area contributed by atoms with E-state index in [-0.39, 0.29) is 0 Å². The molecule has 0 bridgehead atoms. The quantitative estimate of drug-likeness (QED) is 0.886. The first-order valence-electron chi connectivity index (χ1n) is 6.46. The molecule has 0 radical (unpaired) electrons. The van der Waals surface area contributed by atoms with Crippen LogP contribution >= 0.6 is 0 Å². The van der Waals surface area contributed by atoms with E-state index in [1.54, 1.807) is 11.6 Å². The fourth-order valence-corrected chi connectivity index (χ4v) is 2.51. The minimum absolute atomic E-state index is 0.703. The number of nitrogens with zero attached hydrogens (tertiary/aromatic N) is 3. The molecule has 1 aliphatic rings. The molecule has 5 heteroatoms. The Balaban J connectivity index is 1.84. The standard InChI is InChI=1S/C13H18N4O/c1-18-13-4-2-3-12-15-11(16-17(12)13)9-10-5-7-14-8-6-10/h2-4,10,14H,5-9H2,1H3. The van der Waals surface area contributed by atoms with Gasteiger partial charge in [-0.15, -0.1) is 5.10 Å². The molecule has 1 saturated heterocycles. The van der Waals surface area contributed by atoms with Gasteiger partial charge in [-0.2, -0.15) is 4.52 Å². The fourth-order valence-electron chi connectivity index (χ4n) is 2.51. The number of piperidine rings is 1. The molecule has 0 aliphatic carbocycles. The second-order valence-electron chi connectivity index (χ2n) is 4.76. The maximum absolute atomic E-state index is 5.28. The number of ether oxygens (including phenoxy) is 1. The Morgan fingerprint density at radius 2 is 2.22 bits per heavy atom. The zero-order valence-corrected chi connectivity index (χ0v) is 10.6. The minimum Gasteiger partial charge on any atom is -0.481 e. The number of hydrogen-bond acceptors (Lipinski definition) is 4. The number of pyridine rings is 1. The van der Waals surface area contributed by atoms with Gasteiger partial charge in [-0.05, 0) is 37.9 Å². The first-order valence-corrected chi connectivity index (χ1v) is 6.46. The van der Waals surface area contributed by atoms with E-state index in [0.717, 1.165) is 36.9 Å². The van der Waals surface area contributed by atoms with Crippen molar-refractivity contribution in [3.05, 3.63) is 24.0 Å². The summed E-state index contributed by atoms with van der Waals surface area (Å²) in [6.07, 6.45) is 3.39. The lowest BCUT2D eigenvalue weighted by atomic mass is 9.94. The summed E-state index contributed by atoms with van der Waals surface area (Å²) < 4.78 is 7.06. The molecule has 1 N–H and O–H groups in total. The number of rotatable bonds is 3. The van der Waals surface area contributed by atoms with Crippen molar-refractivity contribution in [3.63, 3.8) is 0 Å². The van der Waals surface area contributed by atoms with Crippen molar-refractivity contribution in [1.29, 1.82) is 0 Å². The van der Waals surface area contributed by atoms with Crippen molar-refractivity contribution in [3.8, 4) is 5.88 Å². The molecule has 5 nitrogen and oxygen atoms in total. The molecule has 96 valence electrons. The van der Waals surface area contributed by atoms with Crippen LogP contribution in [0, 0.1) is 5.92 Å². The summed E-state index contributed by atoms with van der Waals surface area (Å²) in [5.41, 5.74) is 0.860.